The van der Waals surface area contributed by atoms with Gasteiger partial charge in [0.05, 0.1) is 4.47 Å². The lowest BCUT2D eigenvalue weighted by Gasteiger charge is -2.14. The lowest BCUT2D eigenvalue weighted by Crippen LogP contribution is -2.37. The number of anilines is 1. The summed E-state index contributed by atoms with van der Waals surface area (Å²) in [5.41, 5.74) is 0. The number of para-hydroxylation sites is 1. The van der Waals surface area contributed by atoms with Crippen LogP contribution in [0, 0.1) is 0 Å². The van der Waals surface area contributed by atoms with Crippen LogP contribution in [0.25, 0.3) is 0 Å². The average molecular weight is 445 g/mol. The van der Waals surface area contributed by atoms with Crippen LogP contribution in [0.5, 0.6) is 5.75 Å². The summed E-state index contributed by atoms with van der Waals surface area (Å²) in [6, 6.07) is 9.12. The second-order valence-corrected chi connectivity index (χ2v) is 8.08. The molecule has 1 heterocycles. The molecule has 26 heavy (non-hydrogen) atoms. The monoisotopic (exact) mass is 444 g/mol. The number of hydrogen-bond acceptors (Lipinski definition) is 7. The van der Waals surface area contributed by atoms with Crippen molar-refractivity contribution in [3.8, 4) is 5.75 Å². The first-order valence-corrected chi connectivity index (χ1v) is 10.1. The number of nitrogens with one attached hydrogen (secondary N) is 2. The molecule has 9 nitrogen and oxygen atoms in total. The van der Waals surface area contributed by atoms with Gasteiger partial charge in [0.15, 0.2) is 20.7 Å². The van der Waals surface area contributed by atoms with Crippen molar-refractivity contribution in [2.75, 3.05) is 24.7 Å². The minimum absolute atomic E-state index is 0.00818. The number of rotatable bonds is 7. The maximum Gasteiger partial charge on any atom is 0.320 e. The van der Waals surface area contributed by atoms with Gasteiger partial charge < -0.3 is 15.2 Å². The lowest BCUT2D eigenvalue weighted by atomic mass is 10.3. The highest BCUT2D eigenvalue weighted by molar-refractivity contribution is 9.10. The molecule has 0 radical (unpaired) electrons. The van der Waals surface area contributed by atoms with Crippen molar-refractivity contribution in [2.45, 2.75) is 11.1 Å². The fourth-order valence-corrected chi connectivity index (χ4v) is 2.67. The largest absolute Gasteiger partial charge is 0.490 e. The predicted molar refractivity (Wildman–Crippen MR) is 97.8 cm³/mol. The standard InChI is InChI=1S/C15H17BrN4O5S/c1-26(23,24)14-7-6-13(19-20-14)18-15(22)17-8-10(21)9-25-12-5-3-2-4-11(12)16/h2-7,10,21H,8-9H2,1H3,(H2,17,18,19,22). The molecule has 1 aromatic carbocycles. The minimum atomic E-state index is -3.45. The molecular formula is C15H17BrN4O5S. The predicted octanol–water partition coefficient (Wildman–Crippen LogP) is 1.20. The molecule has 2 rings (SSSR count). The first-order valence-electron chi connectivity index (χ1n) is 7.40. The van der Waals surface area contributed by atoms with E-state index in [1.807, 2.05) is 12.1 Å². The summed E-state index contributed by atoms with van der Waals surface area (Å²) in [7, 11) is -3.45. The topological polar surface area (TPSA) is 131 Å². The van der Waals surface area contributed by atoms with Crippen molar-refractivity contribution >= 4 is 37.6 Å². The minimum Gasteiger partial charge on any atom is -0.490 e. The van der Waals surface area contributed by atoms with Gasteiger partial charge in [-0.3, -0.25) is 5.32 Å². The van der Waals surface area contributed by atoms with Crippen LogP contribution < -0.4 is 15.4 Å². The Morgan fingerprint density at radius 1 is 1.27 bits per heavy atom. The number of benzene rings is 1. The molecule has 1 unspecified atom stereocenters. The van der Waals surface area contributed by atoms with Gasteiger partial charge in [0.1, 0.15) is 18.5 Å². The highest BCUT2D eigenvalue weighted by Gasteiger charge is 2.12. The Morgan fingerprint density at radius 2 is 2.00 bits per heavy atom. The number of carbonyl (C=O) groups is 1. The van der Waals surface area contributed by atoms with E-state index in [-0.39, 0.29) is 24.0 Å². The molecule has 1 aromatic heterocycles. The summed E-state index contributed by atoms with van der Waals surface area (Å²) in [5, 5.41) is 21.6. The number of sulfone groups is 1. The fraction of sp³-hybridized carbons (Fsp3) is 0.267. The van der Waals surface area contributed by atoms with Crippen LogP contribution in [0.1, 0.15) is 0 Å². The van der Waals surface area contributed by atoms with Gasteiger partial charge in [0.2, 0.25) is 0 Å². The van der Waals surface area contributed by atoms with E-state index in [1.165, 1.54) is 12.1 Å². The number of aromatic nitrogens is 2. The molecule has 0 aliphatic heterocycles. The molecule has 0 aliphatic rings. The quantitative estimate of drug-likeness (QED) is 0.584. The zero-order chi connectivity index (χ0) is 19.2. The number of aliphatic hydroxyl groups is 1. The summed E-state index contributed by atoms with van der Waals surface area (Å²) in [6.45, 7) is -0.0586. The number of carbonyl (C=O) groups excluding carboxylic acids is 1. The molecule has 1 atom stereocenters. The van der Waals surface area contributed by atoms with Gasteiger partial charge in [-0.25, -0.2) is 13.2 Å². The zero-order valence-corrected chi connectivity index (χ0v) is 16.1. The molecule has 3 N–H and O–H groups in total. The van der Waals surface area contributed by atoms with Gasteiger partial charge >= 0.3 is 6.03 Å². The van der Waals surface area contributed by atoms with Gasteiger partial charge in [0.25, 0.3) is 0 Å². The number of halogens is 1. The number of hydrogen-bond donors (Lipinski definition) is 3. The van der Waals surface area contributed by atoms with Crippen molar-refractivity contribution in [1.29, 1.82) is 0 Å². The van der Waals surface area contributed by atoms with E-state index in [2.05, 4.69) is 36.8 Å². The van der Waals surface area contributed by atoms with Gasteiger partial charge in [-0.15, -0.1) is 10.2 Å². The fourth-order valence-electron chi connectivity index (χ4n) is 1.76. The second-order valence-electron chi connectivity index (χ2n) is 5.26. The summed E-state index contributed by atoms with van der Waals surface area (Å²) in [6.07, 6.45) is 0.0837. The van der Waals surface area contributed by atoms with Crippen LogP contribution in [0.4, 0.5) is 10.6 Å². The molecule has 11 heteroatoms. The van der Waals surface area contributed by atoms with Crippen LogP contribution in [-0.4, -0.2) is 55.3 Å². The summed E-state index contributed by atoms with van der Waals surface area (Å²) < 4.78 is 28.8. The Labute approximate surface area is 158 Å². The van der Waals surface area contributed by atoms with Crippen LogP contribution in [0.3, 0.4) is 0 Å². The molecule has 2 amide bonds. The zero-order valence-electron chi connectivity index (χ0n) is 13.7. The lowest BCUT2D eigenvalue weighted by molar-refractivity contribution is 0.108. The smallest absolute Gasteiger partial charge is 0.320 e. The maximum atomic E-state index is 11.8. The number of urea groups is 1. The third-order valence-electron chi connectivity index (χ3n) is 3.03. The normalized spacial score (nSPS) is 12.3. The Morgan fingerprint density at radius 3 is 2.62 bits per heavy atom. The first kappa shape index (κ1) is 20.1. The van der Waals surface area contributed by atoms with E-state index in [9.17, 15) is 18.3 Å². The third-order valence-corrected chi connectivity index (χ3v) is 4.66. The first-order chi connectivity index (χ1) is 12.3. The highest BCUT2D eigenvalue weighted by atomic mass is 79.9. The van der Waals surface area contributed by atoms with Crippen LogP contribution >= 0.6 is 15.9 Å². The van der Waals surface area contributed by atoms with Crippen molar-refractivity contribution in [2.24, 2.45) is 0 Å². The van der Waals surface area contributed by atoms with E-state index in [1.54, 1.807) is 12.1 Å². The van der Waals surface area contributed by atoms with Crippen LogP contribution in [0.15, 0.2) is 45.9 Å². The number of amides is 2. The Kier molecular flexibility index (Phi) is 6.89. The molecule has 0 saturated heterocycles. The van der Waals surface area contributed by atoms with E-state index in [4.69, 9.17) is 4.74 Å². The summed E-state index contributed by atoms with van der Waals surface area (Å²) in [5.74, 6) is 0.658. The van der Waals surface area contributed by atoms with E-state index in [0.29, 0.717) is 5.75 Å². The van der Waals surface area contributed by atoms with E-state index in [0.717, 1.165) is 10.7 Å². The number of nitrogens with zero attached hydrogens (tertiary/aromatic N) is 2. The Hall–Kier alpha value is -2.24. The van der Waals surface area contributed by atoms with Crippen LogP contribution in [0.2, 0.25) is 0 Å². The molecule has 140 valence electrons. The van der Waals surface area contributed by atoms with Crippen molar-refractivity contribution in [1.82, 2.24) is 15.5 Å². The molecule has 0 aliphatic carbocycles. The molecule has 0 spiro atoms. The summed E-state index contributed by atoms with van der Waals surface area (Å²) in [4.78, 5) is 11.8. The van der Waals surface area contributed by atoms with Gasteiger partial charge in [-0.1, -0.05) is 12.1 Å². The van der Waals surface area contributed by atoms with Crippen molar-refractivity contribution < 1.29 is 23.1 Å². The molecule has 2 aromatic rings. The SMILES string of the molecule is CS(=O)(=O)c1ccc(NC(=O)NCC(O)COc2ccccc2Br)nn1. The molecular weight excluding hydrogens is 428 g/mol. The van der Waals surface area contributed by atoms with E-state index >= 15 is 0 Å². The maximum absolute atomic E-state index is 11.8. The van der Waals surface area contributed by atoms with Gasteiger partial charge in [-0.2, -0.15) is 0 Å². The molecule has 0 saturated carbocycles. The van der Waals surface area contributed by atoms with Gasteiger partial charge in [0, 0.05) is 12.8 Å². The number of ether oxygens (including phenoxy) is 1. The van der Waals surface area contributed by atoms with E-state index < -0.39 is 22.0 Å². The average Bonchev–Trinajstić information content (AvgIpc) is 2.59. The highest BCUT2D eigenvalue weighted by Crippen LogP contribution is 2.23. The van der Waals surface area contributed by atoms with Crippen molar-refractivity contribution in [3.63, 3.8) is 0 Å². The van der Waals surface area contributed by atoms with Crippen LogP contribution in [-0.2, 0) is 9.84 Å². The third kappa shape index (κ3) is 6.24. The molecule has 0 fully saturated rings. The van der Waals surface area contributed by atoms with Crippen molar-refractivity contribution in [3.05, 3.63) is 40.9 Å². The number of aliphatic hydroxyl groups excluding tert-OH is 1. The van der Waals surface area contributed by atoms with Gasteiger partial charge in [-0.05, 0) is 40.2 Å². The second kappa shape index (κ2) is 8.92. The Bertz CT molecular complexity index is 861. The Balaban J connectivity index is 1.76. The summed E-state index contributed by atoms with van der Waals surface area (Å²) >= 11 is 3.33. The molecule has 0 bridgehead atoms.